The molecule has 2 aromatic rings. The number of primary amides is 1. The number of thioether (sulfide) groups is 1. The van der Waals surface area contributed by atoms with Gasteiger partial charge in [0, 0.05) is 12.4 Å². The van der Waals surface area contributed by atoms with Crippen LogP contribution in [0.25, 0.3) is 10.9 Å². The molecule has 0 saturated carbocycles. The van der Waals surface area contributed by atoms with Crippen molar-refractivity contribution in [3.8, 4) is 0 Å². The average molecular weight is 333 g/mol. The van der Waals surface area contributed by atoms with Crippen LogP contribution in [0.1, 0.15) is 13.8 Å². The number of anilines is 1. The number of nitrogens with two attached hydrogens (primary N) is 1. The molecule has 1 aromatic heterocycles. The lowest BCUT2D eigenvalue weighted by molar-refractivity contribution is -0.120. The van der Waals surface area contributed by atoms with Crippen molar-refractivity contribution < 1.29 is 9.59 Å². The summed E-state index contributed by atoms with van der Waals surface area (Å²) in [5.41, 5.74) is 5.81. The zero-order chi connectivity index (χ0) is 17.0. The number of imide groups is 1. The van der Waals surface area contributed by atoms with E-state index < -0.39 is 17.2 Å². The molecular weight excluding hydrogens is 314 g/mol. The number of carbonyl (C=O) groups excluding carboxylic acids is 2. The minimum atomic E-state index is -0.864. The van der Waals surface area contributed by atoms with Gasteiger partial charge in [-0.15, -0.1) is 0 Å². The third-order valence-corrected chi connectivity index (χ3v) is 4.57. The number of benzene rings is 1. The fraction of sp³-hybridized carbons (Fsp3) is 0.333. The SMILES string of the molecule is CNc1nc(SC(C(=O)NC(N)=O)C(C)C)nc2ccccc12. The number of carbonyl (C=O) groups is 2. The van der Waals surface area contributed by atoms with Gasteiger partial charge in [-0.3, -0.25) is 10.1 Å². The van der Waals surface area contributed by atoms with Crippen molar-refractivity contribution >= 4 is 40.4 Å². The molecule has 3 amide bonds. The summed E-state index contributed by atoms with van der Waals surface area (Å²) >= 11 is 1.21. The van der Waals surface area contributed by atoms with Crippen LogP contribution in [0, 0.1) is 5.92 Å². The Labute approximate surface area is 138 Å². The Balaban J connectivity index is 2.34. The Bertz CT molecular complexity index is 735. The molecule has 23 heavy (non-hydrogen) atoms. The van der Waals surface area contributed by atoms with E-state index in [0.29, 0.717) is 11.0 Å². The van der Waals surface area contributed by atoms with Gasteiger partial charge in [0.05, 0.1) is 10.8 Å². The van der Waals surface area contributed by atoms with Crippen molar-refractivity contribution in [1.82, 2.24) is 15.3 Å². The number of nitrogens with one attached hydrogen (secondary N) is 2. The van der Waals surface area contributed by atoms with Crippen molar-refractivity contribution in [3.63, 3.8) is 0 Å². The molecule has 4 N–H and O–H groups in total. The molecule has 0 bridgehead atoms. The molecule has 0 aliphatic rings. The molecule has 122 valence electrons. The van der Waals surface area contributed by atoms with Crippen molar-refractivity contribution in [3.05, 3.63) is 24.3 Å². The number of rotatable bonds is 5. The molecule has 0 fully saturated rings. The van der Waals surface area contributed by atoms with E-state index in [2.05, 4.69) is 20.6 Å². The third kappa shape index (κ3) is 4.10. The van der Waals surface area contributed by atoms with E-state index in [4.69, 9.17) is 5.73 Å². The summed E-state index contributed by atoms with van der Waals surface area (Å²) < 4.78 is 0. The van der Waals surface area contributed by atoms with Crippen LogP contribution in [0.3, 0.4) is 0 Å². The lowest BCUT2D eigenvalue weighted by atomic mass is 10.1. The van der Waals surface area contributed by atoms with E-state index in [1.807, 2.05) is 38.1 Å². The number of hydrogen-bond donors (Lipinski definition) is 3. The molecule has 2 rings (SSSR count). The Morgan fingerprint density at radius 3 is 2.52 bits per heavy atom. The number of fused-ring (bicyclic) bond motifs is 1. The molecule has 0 spiro atoms. The molecule has 1 heterocycles. The zero-order valence-electron chi connectivity index (χ0n) is 13.2. The summed E-state index contributed by atoms with van der Waals surface area (Å²) in [5, 5.41) is 6.00. The van der Waals surface area contributed by atoms with Crippen molar-refractivity contribution in [2.45, 2.75) is 24.3 Å². The van der Waals surface area contributed by atoms with E-state index in [9.17, 15) is 9.59 Å². The van der Waals surface area contributed by atoms with Crippen molar-refractivity contribution in [2.24, 2.45) is 11.7 Å². The largest absolute Gasteiger partial charge is 0.372 e. The second-order valence-corrected chi connectivity index (χ2v) is 6.37. The minimum Gasteiger partial charge on any atom is -0.372 e. The average Bonchev–Trinajstić information content (AvgIpc) is 2.50. The second-order valence-electron chi connectivity index (χ2n) is 5.26. The highest BCUT2D eigenvalue weighted by Gasteiger charge is 2.26. The van der Waals surface area contributed by atoms with Crippen LogP contribution in [0.4, 0.5) is 10.6 Å². The fourth-order valence-electron chi connectivity index (χ4n) is 2.10. The van der Waals surface area contributed by atoms with E-state index in [1.54, 1.807) is 7.05 Å². The maximum absolute atomic E-state index is 12.1. The number of aromatic nitrogens is 2. The second kappa shape index (κ2) is 7.28. The first-order valence-electron chi connectivity index (χ1n) is 7.14. The number of urea groups is 1. The molecule has 1 unspecified atom stereocenters. The summed E-state index contributed by atoms with van der Waals surface area (Å²) in [5.74, 6) is 0.226. The Hall–Kier alpha value is -2.35. The van der Waals surface area contributed by atoms with Crippen molar-refractivity contribution in [2.75, 3.05) is 12.4 Å². The van der Waals surface area contributed by atoms with Crippen LogP contribution in [0.15, 0.2) is 29.4 Å². The van der Waals surface area contributed by atoms with Gasteiger partial charge in [-0.2, -0.15) is 0 Å². The van der Waals surface area contributed by atoms with Gasteiger partial charge in [0.15, 0.2) is 5.16 Å². The molecule has 0 saturated heterocycles. The summed E-state index contributed by atoms with van der Waals surface area (Å²) in [7, 11) is 1.78. The first kappa shape index (κ1) is 17.0. The first-order valence-corrected chi connectivity index (χ1v) is 8.01. The topological polar surface area (TPSA) is 110 Å². The summed E-state index contributed by atoms with van der Waals surface area (Å²) in [6.45, 7) is 3.77. The highest BCUT2D eigenvalue weighted by atomic mass is 32.2. The predicted molar refractivity (Wildman–Crippen MR) is 91.3 cm³/mol. The van der Waals surface area contributed by atoms with Crippen LogP contribution in [0.2, 0.25) is 0 Å². The predicted octanol–water partition coefficient (Wildman–Crippen LogP) is 1.98. The summed E-state index contributed by atoms with van der Waals surface area (Å²) in [4.78, 5) is 31.9. The highest BCUT2D eigenvalue weighted by molar-refractivity contribution is 8.00. The number of para-hydroxylation sites is 1. The molecule has 7 nitrogen and oxygen atoms in total. The van der Waals surface area contributed by atoms with Gasteiger partial charge in [-0.1, -0.05) is 37.7 Å². The van der Waals surface area contributed by atoms with Gasteiger partial charge in [0.2, 0.25) is 5.91 Å². The van der Waals surface area contributed by atoms with E-state index in [0.717, 1.165) is 10.9 Å². The van der Waals surface area contributed by atoms with Gasteiger partial charge in [-0.05, 0) is 18.1 Å². The number of nitrogens with zero attached hydrogens (tertiary/aromatic N) is 2. The Kier molecular flexibility index (Phi) is 5.38. The van der Waals surface area contributed by atoms with E-state index in [-0.39, 0.29) is 5.92 Å². The molecule has 0 aliphatic carbocycles. The van der Waals surface area contributed by atoms with E-state index in [1.165, 1.54) is 11.8 Å². The molecule has 1 aromatic carbocycles. The molecule has 0 radical (unpaired) electrons. The highest BCUT2D eigenvalue weighted by Crippen LogP contribution is 2.29. The third-order valence-electron chi connectivity index (χ3n) is 3.16. The zero-order valence-corrected chi connectivity index (χ0v) is 14.0. The maximum Gasteiger partial charge on any atom is 0.318 e. The Morgan fingerprint density at radius 2 is 1.91 bits per heavy atom. The van der Waals surface area contributed by atoms with Gasteiger partial charge in [0.1, 0.15) is 5.82 Å². The van der Waals surface area contributed by atoms with Crippen LogP contribution >= 0.6 is 11.8 Å². The van der Waals surface area contributed by atoms with Crippen molar-refractivity contribution in [1.29, 1.82) is 0 Å². The van der Waals surface area contributed by atoms with Gasteiger partial charge >= 0.3 is 6.03 Å². The van der Waals surface area contributed by atoms with Gasteiger partial charge < -0.3 is 11.1 Å². The maximum atomic E-state index is 12.1. The van der Waals surface area contributed by atoms with Crippen LogP contribution in [-0.2, 0) is 4.79 Å². The monoisotopic (exact) mass is 333 g/mol. The van der Waals surface area contributed by atoms with Crippen LogP contribution in [0.5, 0.6) is 0 Å². The summed E-state index contributed by atoms with van der Waals surface area (Å²) in [6, 6.07) is 6.75. The molecular formula is C15H19N5O2S. The standard InChI is InChI=1S/C15H19N5O2S/c1-8(2)11(13(21)20-14(16)22)23-15-18-10-7-5-4-6-9(10)12(17-3)19-15/h4-8,11H,1-3H3,(H,17,18,19)(H3,16,20,21,22). The lowest BCUT2D eigenvalue weighted by Gasteiger charge is -2.18. The normalized spacial score (nSPS) is 12.2. The first-order chi connectivity index (χ1) is 10.9. The molecule has 0 aliphatic heterocycles. The molecule has 8 heteroatoms. The smallest absolute Gasteiger partial charge is 0.318 e. The van der Waals surface area contributed by atoms with E-state index >= 15 is 0 Å². The Morgan fingerprint density at radius 1 is 1.22 bits per heavy atom. The van der Waals surface area contributed by atoms with Gasteiger partial charge in [-0.25, -0.2) is 14.8 Å². The van der Waals surface area contributed by atoms with Crippen LogP contribution in [-0.4, -0.2) is 34.2 Å². The lowest BCUT2D eigenvalue weighted by Crippen LogP contribution is -2.42. The quantitative estimate of drug-likeness (QED) is 0.570. The van der Waals surface area contributed by atoms with Crippen LogP contribution < -0.4 is 16.4 Å². The molecule has 1 atom stereocenters. The number of hydrogen-bond acceptors (Lipinski definition) is 6. The summed E-state index contributed by atoms with van der Waals surface area (Å²) in [6.07, 6.45) is 0. The fourth-order valence-corrected chi connectivity index (χ4v) is 3.06. The minimum absolute atomic E-state index is 0.0209. The number of amides is 3. The van der Waals surface area contributed by atoms with Gasteiger partial charge in [0.25, 0.3) is 0 Å².